The lowest BCUT2D eigenvalue weighted by Gasteiger charge is -2.07. The van der Waals surface area contributed by atoms with E-state index in [1.165, 1.54) is 70.6 Å². The van der Waals surface area contributed by atoms with E-state index in [4.69, 9.17) is 24.7 Å². The molecule has 0 saturated carbocycles. The van der Waals surface area contributed by atoms with Crippen LogP contribution in [0.25, 0.3) is 0 Å². The molecule has 0 atom stereocenters. The number of hydrogen-bond acceptors (Lipinski definition) is 5. The van der Waals surface area contributed by atoms with Gasteiger partial charge in [-0.2, -0.15) is 0 Å². The molecule has 0 aliphatic rings. The van der Waals surface area contributed by atoms with Gasteiger partial charge in [-0.25, -0.2) is 0 Å². The molecule has 0 aliphatic heterocycles. The fraction of sp³-hybridized carbons (Fsp3) is 1.00. The number of unbranched alkanes of at least 4 members (excludes halogenated alkanes) is 10. The minimum absolute atomic E-state index is 0.558. The highest BCUT2D eigenvalue weighted by Gasteiger charge is 1.95. The smallest absolute Gasteiger partial charge is 0.0701 e. The van der Waals surface area contributed by atoms with Gasteiger partial charge in [-0.05, 0) is 6.42 Å². The maximum atomic E-state index is 5.59. The Bertz CT molecular complexity index is 218. The van der Waals surface area contributed by atoms with Gasteiger partial charge in [0.1, 0.15) is 0 Å². The Balaban J connectivity index is 2.95. The van der Waals surface area contributed by atoms with Crippen molar-refractivity contribution in [3.8, 4) is 0 Å². The van der Waals surface area contributed by atoms with E-state index in [2.05, 4.69) is 6.92 Å². The third-order valence-electron chi connectivity index (χ3n) is 4.27. The summed E-state index contributed by atoms with van der Waals surface area (Å²) in [5.74, 6) is 0. The van der Waals surface area contributed by atoms with E-state index in [0.717, 1.165) is 6.61 Å². The minimum atomic E-state index is 0.558. The topological polar surface area (TPSA) is 62.9 Å². The molecule has 0 aromatic heterocycles. The number of rotatable bonds is 23. The highest BCUT2D eigenvalue weighted by molar-refractivity contribution is 4.48. The van der Waals surface area contributed by atoms with Gasteiger partial charge in [0, 0.05) is 13.2 Å². The van der Waals surface area contributed by atoms with Crippen LogP contribution in [0.2, 0.25) is 0 Å². The first-order valence-electron chi connectivity index (χ1n) is 10.9. The van der Waals surface area contributed by atoms with Crippen molar-refractivity contribution >= 4 is 0 Å². The Kier molecular flexibility index (Phi) is 24.6. The first kappa shape index (κ1) is 25.8. The summed E-state index contributed by atoms with van der Waals surface area (Å²) in [6.45, 7) is 8.01. The molecule has 5 nitrogen and oxygen atoms in total. The van der Waals surface area contributed by atoms with Gasteiger partial charge < -0.3 is 24.7 Å². The molecule has 26 heavy (non-hydrogen) atoms. The number of ether oxygens (including phenoxy) is 4. The van der Waals surface area contributed by atoms with Crippen LogP contribution in [0.4, 0.5) is 0 Å². The van der Waals surface area contributed by atoms with E-state index in [1.54, 1.807) is 0 Å². The van der Waals surface area contributed by atoms with Crippen molar-refractivity contribution in [3.63, 3.8) is 0 Å². The van der Waals surface area contributed by atoms with Crippen molar-refractivity contribution in [2.24, 2.45) is 5.73 Å². The molecule has 0 saturated heterocycles. The minimum Gasteiger partial charge on any atom is -0.379 e. The van der Waals surface area contributed by atoms with Crippen LogP contribution in [-0.2, 0) is 18.9 Å². The van der Waals surface area contributed by atoms with Crippen molar-refractivity contribution in [1.29, 1.82) is 0 Å². The molecular formula is C21H45NO4. The van der Waals surface area contributed by atoms with Crippen molar-refractivity contribution < 1.29 is 18.9 Å². The lowest BCUT2D eigenvalue weighted by Crippen LogP contribution is -2.14. The monoisotopic (exact) mass is 375 g/mol. The van der Waals surface area contributed by atoms with Crippen molar-refractivity contribution in [1.82, 2.24) is 0 Å². The molecule has 0 fully saturated rings. The van der Waals surface area contributed by atoms with Gasteiger partial charge >= 0.3 is 0 Å². The van der Waals surface area contributed by atoms with Crippen LogP contribution < -0.4 is 5.73 Å². The van der Waals surface area contributed by atoms with Gasteiger partial charge in [0.2, 0.25) is 0 Å². The Labute approximate surface area is 162 Å². The van der Waals surface area contributed by atoms with Crippen LogP contribution in [0, 0.1) is 0 Å². The molecule has 0 radical (unpaired) electrons. The molecule has 0 spiro atoms. The van der Waals surface area contributed by atoms with E-state index >= 15 is 0 Å². The first-order valence-corrected chi connectivity index (χ1v) is 10.9. The summed E-state index contributed by atoms with van der Waals surface area (Å²) in [5, 5.41) is 0. The zero-order valence-corrected chi connectivity index (χ0v) is 17.4. The highest BCUT2D eigenvalue weighted by Crippen LogP contribution is 2.11. The van der Waals surface area contributed by atoms with Gasteiger partial charge in [-0.1, -0.05) is 71.1 Å². The number of hydrogen-bond donors (Lipinski definition) is 1. The maximum absolute atomic E-state index is 5.59. The zero-order valence-electron chi connectivity index (χ0n) is 17.4. The van der Waals surface area contributed by atoms with Gasteiger partial charge in [0.25, 0.3) is 0 Å². The van der Waals surface area contributed by atoms with E-state index < -0.39 is 0 Å². The van der Waals surface area contributed by atoms with Gasteiger partial charge in [0.15, 0.2) is 0 Å². The van der Waals surface area contributed by atoms with Crippen LogP contribution in [0.15, 0.2) is 0 Å². The van der Waals surface area contributed by atoms with E-state index in [-0.39, 0.29) is 0 Å². The largest absolute Gasteiger partial charge is 0.379 e. The average molecular weight is 376 g/mol. The molecule has 0 unspecified atom stereocenters. The first-order chi connectivity index (χ1) is 12.9. The van der Waals surface area contributed by atoms with Crippen molar-refractivity contribution in [3.05, 3.63) is 0 Å². The molecule has 2 N–H and O–H groups in total. The Morgan fingerprint density at radius 3 is 1.19 bits per heavy atom. The summed E-state index contributed by atoms with van der Waals surface area (Å²) in [6.07, 6.45) is 15.0. The summed E-state index contributed by atoms with van der Waals surface area (Å²) in [7, 11) is 0. The summed E-state index contributed by atoms with van der Waals surface area (Å²) < 4.78 is 21.6. The van der Waals surface area contributed by atoms with Gasteiger partial charge in [-0.3, -0.25) is 0 Å². The van der Waals surface area contributed by atoms with Crippen molar-refractivity contribution in [2.75, 3.05) is 59.4 Å². The van der Waals surface area contributed by atoms with Crippen LogP contribution in [0.5, 0.6) is 0 Å². The van der Waals surface area contributed by atoms with Crippen LogP contribution in [0.3, 0.4) is 0 Å². The molecule has 0 rings (SSSR count). The molecule has 5 heteroatoms. The molecule has 158 valence electrons. The highest BCUT2D eigenvalue weighted by atomic mass is 16.6. The molecule has 0 aromatic carbocycles. The maximum Gasteiger partial charge on any atom is 0.0701 e. The predicted molar refractivity (Wildman–Crippen MR) is 109 cm³/mol. The van der Waals surface area contributed by atoms with Crippen LogP contribution >= 0.6 is 0 Å². The Hall–Kier alpha value is -0.200. The van der Waals surface area contributed by atoms with Crippen LogP contribution in [-0.4, -0.2) is 59.4 Å². The quantitative estimate of drug-likeness (QED) is 0.269. The SMILES string of the molecule is CCCCCCCCCCCCCOCCOCCOCCOCCN. The third-order valence-corrected chi connectivity index (χ3v) is 4.27. The van der Waals surface area contributed by atoms with E-state index in [9.17, 15) is 0 Å². The molecule has 0 aromatic rings. The van der Waals surface area contributed by atoms with Gasteiger partial charge in [0.05, 0.1) is 46.2 Å². The Morgan fingerprint density at radius 2 is 0.769 bits per heavy atom. The summed E-state index contributed by atoms with van der Waals surface area (Å²) >= 11 is 0. The Morgan fingerprint density at radius 1 is 0.423 bits per heavy atom. The lowest BCUT2D eigenvalue weighted by atomic mass is 10.1. The molecular weight excluding hydrogens is 330 g/mol. The molecule has 0 amide bonds. The normalized spacial score (nSPS) is 11.3. The van der Waals surface area contributed by atoms with Gasteiger partial charge in [-0.15, -0.1) is 0 Å². The summed E-state index contributed by atoms with van der Waals surface area (Å²) in [6, 6.07) is 0. The third kappa shape index (κ3) is 23.8. The standard InChI is InChI=1S/C21H45NO4/c1-2-3-4-5-6-7-8-9-10-11-12-14-23-16-18-25-20-21-26-19-17-24-15-13-22/h2-22H2,1H3. The lowest BCUT2D eigenvalue weighted by molar-refractivity contribution is -0.00135. The second kappa shape index (κ2) is 24.8. The molecule has 0 aliphatic carbocycles. The molecule has 0 heterocycles. The fourth-order valence-corrected chi connectivity index (χ4v) is 2.71. The fourth-order valence-electron chi connectivity index (χ4n) is 2.71. The van der Waals surface area contributed by atoms with E-state index in [1.807, 2.05) is 0 Å². The second-order valence-corrected chi connectivity index (χ2v) is 6.77. The second-order valence-electron chi connectivity index (χ2n) is 6.77. The summed E-state index contributed by atoms with van der Waals surface area (Å²) in [4.78, 5) is 0. The molecule has 0 bridgehead atoms. The number of nitrogens with two attached hydrogens (primary N) is 1. The predicted octanol–water partition coefficient (Wildman–Crippen LogP) is 4.32. The van der Waals surface area contributed by atoms with Crippen molar-refractivity contribution in [2.45, 2.75) is 77.6 Å². The average Bonchev–Trinajstić information content (AvgIpc) is 2.66. The zero-order chi connectivity index (χ0) is 19.0. The van der Waals surface area contributed by atoms with Crippen LogP contribution in [0.1, 0.15) is 77.6 Å². The summed E-state index contributed by atoms with van der Waals surface area (Å²) in [5.41, 5.74) is 5.32. The van der Waals surface area contributed by atoms with E-state index in [0.29, 0.717) is 52.8 Å².